The minimum absolute atomic E-state index is 0.143. The Morgan fingerprint density at radius 3 is 2.10 bits per heavy atom. The first kappa shape index (κ1) is 22.6. The Morgan fingerprint density at radius 1 is 0.935 bits per heavy atom. The summed E-state index contributed by atoms with van der Waals surface area (Å²) in [5.41, 5.74) is 2.55. The van der Waals surface area contributed by atoms with E-state index in [1.54, 1.807) is 62.2 Å². The number of carbonyl (C=O) groups excluding carboxylic acids is 1. The Morgan fingerprint density at radius 2 is 1.52 bits per heavy atom. The maximum Gasteiger partial charge on any atom is 0.264 e. The molecule has 0 saturated carbocycles. The van der Waals surface area contributed by atoms with Gasteiger partial charge in [0, 0.05) is 19.2 Å². The van der Waals surface area contributed by atoms with E-state index < -0.39 is 10.0 Å². The van der Waals surface area contributed by atoms with Gasteiger partial charge in [0.15, 0.2) is 0 Å². The number of rotatable bonds is 7. The van der Waals surface area contributed by atoms with Crippen molar-refractivity contribution in [1.29, 1.82) is 0 Å². The van der Waals surface area contributed by atoms with Crippen LogP contribution in [0.1, 0.15) is 41.4 Å². The van der Waals surface area contributed by atoms with Crippen molar-refractivity contribution in [2.24, 2.45) is 0 Å². The number of benzene rings is 3. The van der Waals surface area contributed by atoms with E-state index in [4.69, 9.17) is 0 Å². The van der Waals surface area contributed by atoms with E-state index in [0.717, 1.165) is 5.56 Å². The first-order valence-corrected chi connectivity index (χ1v) is 11.7. The molecule has 0 spiro atoms. The lowest BCUT2D eigenvalue weighted by Crippen LogP contribution is -2.32. The lowest BCUT2D eigenvalue weighted by molar-refractivity contribution is 0.0742. The van der Waals surface area contributed by atoms with Gasteiger partial charge in [-0.15, -0.1) is 0 Å². The second-order valence-corrected chi connectivity index (χ2v) is 9.32. The van der Waals surface area contributed by atoms with Gasteiger partial charge in [0.25, 0.3) is 15.9 Å². The predicted octanol–water partition coefficient (Wildman–Crippen LogP) is 5.04. The second kappa shape index (κ2) is 9.35. The van der Waals surface area contributed by atoms with Crippen molar-refractivity contribution in [3.05, 3.63) is 95.6 Å². The van der Waals surface area contributed by atoms with E-state index in [0.29, 0.717) is 16.8 Å². The fourth-order valence-electron chi connectivity index (χ4n) is 3.55. The van der Waals surface area contributed by atoms with Crippen LogP contribution in [0.2, 0.25) is 0 Å². The molecule has 0 aliphatic carbocycles. The van der Waals surface area contributed by atoms with Gasteiger partial charge >= 0.3 is 0 Å². The highest BCUT2D eigenvalue weighted by Gasteiger charge is 2.27. The number of para-hydroxylation sites is 1. The lowest BCUT2D eigenvalue weighted by Gasteiger charge is -2.27. The van der Waals surface area contributed by atoms with Gasteiger partial charge in [-0.3, -0.25) is 9.10 Å². The number of hydrogen-bond donors (Lipinski definition) is 0. The van der Waals surface area contributed by atoms with Gasteiger partial charge in [0.2, 0.25) is 0 Å². The van der Waals surface area contributed by atoms with Gasteiger partial charge in [-0.25, -0.2) is 8.42 Å². The molecular weight excluding hydrogens is 408 g/mol. The van der Waals surface area contributed by atoms with Crippen LogP contribution in [0.4, 0.5) is 5.69 Å². The third kappa shape index (κ3) is 4.64. The molecule has 1 atom stereocenters. The van der Waals surface area contributed by atoms with Crippen LogP contribution in [0.15, 0.2) is 83.8 Å². The number of carbonyl (C=O) groups is 1. The molecule has 6 heteroatoms. The number of aryl methyl sites for hydroxylation is 1. The van der Waals surface area contributed by atoms with Crippen LogP contribution in [0, 0.1) is 6.92 Å². The molecule has 3 aromatic rings. The van der Waals surface area contributed by atoms with Crippen molar-refractivity contribution in [1.82, 2.24) is 4.90 Å². The second-order valence-electron chi connectivity index (χ2n) is 7.49. The molecule has 0 saturated heterocycles. The van der Waals surface area contributed by atoms with E-state index >= 15 is 0 Å². The quantitative estimate of drug-likeness (QED) is 0.521. The fraction of sp³-hybridized carbons (Fsp3) is 0.240. The van der Waals surface area contributed by atoms with Crippen LogP contribution in [-0.2, 0) is 10.0 Å². The minimum atomic E-state index is -3.83. The molecule has 3 rings (SSSR count). The van der Waals surface area contributed by atoms with E-state index in [1.807, 2.05) is 43.3 Å². The Labute approximate surface area is 185 Å². The molecule has 0 aliphatic heterocycles. The van der Waals surface area contributed by atoms with Crippen LogP contribution in [0.3, 0.4) is 0 Å². The van der Waals surface area contributed by atoms with Crippen molar-refractivity contribution in [3.8, 4) is 0 Å². The van der Waals surface area contributed by atoms with E-state index in [1.165, 1.54) is 10.4 Å². The van der Waals surface area contributed by atoms with Crippen molar-refractivity contribution in [2.75, 3.05) is 17.9 Å². The number of sulfonamides is 1. The maximum atomic E-state index is 13.5. The van der Waals surface area contributed by atoms with Crippen LogP contribution >= 0.6 is 0 Å². The molecular formula is C25H28N2O3S. The van der Waals surface area contributed by atoms with E-state index in [9.17, 15) is 13.2 Å². The number of amides is 1. The molecule has 0 radical (unpaired) electrons. The molecule has 0 aliphatic rings. The number of nitrogens with zero attached hydrogens (tertiary/aromatic N) is 2. The van der Waals surface area contributed by atoms with Crippen molar-refractivity contribution >= 4 is 21.6 Å². The van der Waals surface area contributed by atoms with E-state index in [2.05, 4.69) is 0 Å². The molecule has 0 heterocycles. The third-order valence-corrected chi connectivity index (χ3v) is 7.56. The summed E-state index contributed by atoms with van der Waals surface area (Å²) in [4.78, 5) is 15.0. The normalized spacial score (nSPS) is 12.3. The smallest absolute Gasteiger partial charge is 0.264 e. The van der Waals surface area contributed by atoms with Crippen molar-refractivity contribution < 1.29 is 13.2 Å². The summed E-state index contributed by atoms with van der Waals surface area (Å²) in [6.07, 6.45) is 0. The summed E-state index contributed by atoms with van der Waals surface area (Å²) in [5, 5.41) is 0. The zero-order chi connectivity index (χ0) is 22.6. The predicted molar refractivity (Wildman–Crippen MR) is 125 cm³/mol. The molecule has 31 heavy (non-hydrogen) atoms. The molecule has 0 aromatic heterocycles. The lowest BCUT2D eigenvalue weighted by atomic mass is 10.1. The highest BCUT2D eigenvalue weighted by molar-refractivity contribution is 7.92. The molecule has 1 amide bonds. The average Bonchev–Trinajstić information content (AvgIpc) is 2.79. The summed E-state index contributed by atoms with van der Waals surface area (Å²) >= 11 is 0. The molecule has 5 nitrogen and oxygen atoms in total. The molecule has 1 unspecified atom stereocenters. The Balaban J connectivity index is 1.97. The molecule has 0 fully saturated rings. The van der Waals surface area contributed by atoms with Gasteiger partial charge in [-0.2, -0.15) is 0 Å². The molecule has 3 aromatic carbocycles. The van der Waals surface area contributed by atoms with Gasteiger partial charge in [-0.1, -0.05) is 54.6 Å². The SMILES string of the molecule is CCN(c1ccccc1)S(=O)(=O)c1cc(C(=O)N(C)C(C)c2ccccc2)ccc1C. The standard InChI is InChI=1S/C25H28N2O3S/c1-5-27(23-14-10-7-11-15-23)31(29,30)24-18-22(17-16-19(24)2)25(28)26(4)20(3)21-12-8-6-9-13-21/h6-18,20H,5H2,1-4H3. The summed E-state index contributed by atoms with van der Waals surface area (Å²) in [6, 6.07) is 23.5. The monoisotopic (exact) mass is 436 g/mol. The van der Waals surface area contributed by atoms with Crippen LogP contribution in [0.25, 0.3) is 0 Å². The first-order chi connectivity index (χ1) is 14.8. The van der Waals surface area contributed by atoms with Crippen molar-refractivity contribution in [3.63, 3.8) is 0 Å². The minimum Gasteiger partial charge on any atom is -0.335 e. The molecule has 162 valence electrons. The average molecular weight is 437 g/mol. The number of hydrogen-bond acceptors (Lipinski definition) is 3. The largest absolute Gasteiger partial charge is 0.335 e. The topological polar surface area (TPSA) is 57.7 Å². The van der Waals surface area contributed by atoms with Crippen LogP contribution in [0.5, 0.6) is 0 Å². The van der Waals surface area contributed by atoms with Gasteiger partial charge < -0.3 is 4.90 Å². The van der Waals surface area contributed by atoms with Gasteiger partial charge in [0.1, 0.15) is 0 Å². The van der Waals surface area contributed by atoms with E-state index in [-0.39, 0.29) is 23.4 Å². The number of anilines is 1. The van der Waals surface area contributed by atoms with Crippen molar-refractivity contribution in [2.45, 2.75) is 31.7 Å². The Bertz CT molecular complexity index is 1150. The zero-order valence-electron chi connectivity index (χ0n) is 18.3. The maximum absolute atomic E-state index is 13.5. The highest BCUT2D eigenvalue weighted by Crippen LogP contribution is 2.27. The summed E-state index contributed by atoms with van der Waals surface area (Å²) in [7, 11) is -2.09. The molecule has 0 bridgehead atoms. The molecule has 0 N–H and O–H groups in total. The Hall–Kier alpha value is -3.12. The fourth-order valence-corrected chi connectivity index (χ4v) is 5.28. The van der Waals surface area contributed by atoms with Crippen LogP contribution < -0.4 is 4.31 Å². The highest BCUT2D eigenvalue weighted by atomic mass is 32.2. The summed E-state index contributed by atoms with van der Waals surface area (Å²) in [6.45, 7) is 5.78. The van der Waals surface area contributed by atoms with Gasteiger partial charge in [-0.05, 0) is 56.2 Å². The summed E-state index contributed by atoms with van der Waals surface area (Å²) in [5.74, 6) is -0.226. The first-order valence-electron chi connectivity index (χ1n) is 10.3. The van der Waals surface area contributed by atoms with Crippen LogP contribution in [-0.4, -0.2) is 32.8 Å². The zero-order valence-corrected chi connectivity index (χ0v) is 19.1. The Kier molecular flexibility index (Phi) is 6.81. The third-order valence-electron chi connectivity index (χ3n) is 5.52. The van der Waals surface area contributed by atoms with Gasteiger partial charge in [0.05, 0.1) is 16.6 Å². The summed E-state index contributed by atoms with van der Waals surface area (Å²) < 4.78 is 28.3.